The van der Waals surface area contributed by atoms with E-state index in [1.54, 1.807) is 16.9 Å². The molecular formula is C14H21N3O3. The lowest BCUT2D eigenvalue weighted by molar-refractivity contribution is -0.148. The predicted molar refractivity (Wildman–Crippen MR) is 73.5 cm³/mol. The summed E-state index contributed by atoms with van der Waals surface area (Å²) in [5.41, 5.74) is -0.647. The van der Waals surface area contributed by atoms with Gasteiger partial charge in [0.1, 0.15) is 11.2 Å². The Labute approximate surface area is 118 Å². The fourth-order valence-corrected chi connectivity index (χ4v) is 2.62. The molecular weight excluding hydrogens is 258 g/mol. The molecule has 2 rings (SSSR count). The van der Waals surface area contributed by atoms with E-state index in [2.05, 4.69) is 10.4 Å². The van der Waals surface area contributed by atoms with E-state index in [-0.39, 0.29) is 11.9 Å². The van der Waals surface area contributed by atoms with Crippen molar-refractivity contribution in [3.63, 3.8) is 0 Å². The van der Waals surface area contributed by atoms with Crippen LogP contribution in [0.2, 0.25) is 0 Å². The number of carboxylic acid groups (broad SMARTS) is 1. The fourth-order valence-electron chi connectivity index (χ4n) is 2.62. The van der Waals surface area contributed by atoms with E-state index in [0.717, 1.165) is 19.3 Å². The number of aromatic nitrogens is 2. The van der Waals surface area contributed by atoms with E-state index < -0.39 is 11.5 Å². The third-order valence-electron chi connectivity index (χ3n) is 4.16. The van der Waals surface area contributed by atoms with Crippen LogP contribution in [0.3, 0.4) is 0 Å². The molecule has 1 saturated carbocycles. The normalized spacial score (nSPS) is 16.8. The maximum absolute atomic E-state index is 12.3. The Morgan fingerprint density at radius 2 is 2.10 bits per heavy atom. The van der Waals surface area contributed by atoms with Gasteiger partial charge in [-0.25, -0.2) is 4.79 Å². The van der Waals surface area contributed by atoms with Gasteiger partial charge in [-0.2, -0.15) is 5.10 Å². The molecule has 2 N–H and O–H groups in total. The number of carbonyl (C=O) groups is 2. The highest BCUT2D eigenvalue weighted by molar-refractivity contribution is 5.97. The number of hydrogen-bond donors (Lipinski definition) is 2. The summed E-state index contributed by atoms with van der Waals surface area (Å²) >= 11 is 0. The summed E-state index contributed by atoms with van der Waals surface area (Å²) in [4.78, 5) is 23.6. The van der Waals surface area contributed by atoms with Crippen LogP contribution in [0.4, 0.5) is 0 Å². The SMILES string of the molecule is CCC(CC)n1nccc1C(=O)NC1(C(=O)O)CCC1. The highest BCUT2D eigenvalue weighted by Gasteiger charge is 2.46. The largest absolute Gasteiger partial charge is 0.480 e. The molecule has 1 fully saturated rings. The third-order valence-corrected chi connectivity index (χ3v) is 4.16. The van der Waals surface area contributed by atoms with Crippen LogP contribution in [0.15, 0.2) is 12.3 Å². The molecule has 0 radical (unpaired) electrons. The average molecular weight is 279 g/mol. The van der Waals surface area contributed by atoms with Crippen molar-refractivity contribution in [3.8, 4) is 0 Å². The van der Waals surface area contributed by atoms with E-state index in [1.807, 2.05) is 13.8 Å². The predicted octanol–water partition coefficient (Wildman–Crippen LogP) is 1.98. The van der Waals surface area contributed by atoms with Crippen LogP contribution in [0.1, 0.15) is 62.5 Å². The fraction of sp³-hybridized carbons (Fsp3) is 0.643. The number of rotatable bonds is 6. The van der Waals surface area contributed by atoms with Gasteiger partial charge < -0.3 is 10.4 Å². The van der Waals surface area contributed by atoms with Crippen molar-refractivity contribution in [2.75, 3.05) is 0 Å². The second kappa shape index (κ2) is 5.64. The number of nitrogens with one attached hydrogen (secondary N) is 1. The molecule has 0 unspecified atom stereocenters. The van der Waals surface area contributed by atoms with E-state index in [1.165, 1.54) is 0 Å². The average Bonchev–Trinajstić information content (AvgIpc) is 2.84. The first-order chi connectivity index (χ1) is 9.54. The van der Waals surface area contributed by atoms with Gasteiger partial charge in [0.15, 0.2) is 0 Å². The van der Waals surface area contributed by atoms with Crippen molar-refractivity contribution in [3.05, 3.63) is 18.0 Å². The molecule has 0 spiro atoms. The molecule has 1 aromatic heterocycles. The van der Waals surface area contributed by atoms with Crippen molar-refractivity contribution < 1.29 is 14.7 Å². The molecule has 1 aliphatic rings. The maximum atomic E-state index is 12.3. The Balaban J connectivity index is 2.18. The Morgan fingerprint density at radius 1 is 1.45 bits per heavy atom. The summed E-state index contributed by atoms with van der Waals surface area (Å²) in [6.07, 6.45) is 5.16. The minimum absolute atomic E-state index is 0.160. The lowest BCUT2D eigenvalue weighted by Gasteiger charge is -2.38. The summed E-state index contributed by atoms with van der Waals surface area (Å²) in [6, 6.07) is 1.80. The zero-order valence-corrected chi connectivity index (χ0v) is 11.9. The standard InChI is InChI=1S/C14H21N3O3/c1-3-10(4-2)17-11(6-9-15-17)12(18)16-14(13(19)20)7-5-8-14/h6,9-10H,3-5,7-8H2,1-2H3,(H,16,18)(H,19,20). The third kappa shape index (κ3) is 2.42. The maximum Gasteiger partial charge on any atom is 0.329 e. The van der Waals surface area contributed by atoms with Gasteiger partial charge in [-0.3, -0.25) is 9.48 Å². The minimum atomic E-state index is -1.08. The molecule has 1 aromatic rings. The highest BCUT2D eigenvalue weighted by Crippen LogP contribution is 2.32. The van der Waals surface area contributed by atoms with Crippen molar-refractivity contribution in [2.45, 2.75) is 57.5 Å². The van der Waals surface area contributed by atoms with Crippen LogP contribution >= 0.6 is 0 Å². The molecule has 1 amide bonds. The smallest absolute Gasteiger partial charge is 0.329 e. The second-order valence-corrected chi connectivity index (χ2v) is 5.33. The topological polar surface area (TPSA) is 84.2 Å². The van der Waals surface area contributed by atoms with Gasteiger partial charge in [0.05, 0.1) is 6.04 Å². The Morgan fingerprint density at radius 3 is 2.55 bits per heavy atom. The van der Waals surface area contributed by atoms with Gasteiger partial charge in [0.25, 0.3) is 5.91 Å². The van der Waals surface area contributed by atoms with Crippen LogP contribution in [0.25, 0.3) is 0 Å². The van der Waals surface area contributed by atoms with Gasteiger partial charge in [0.2, 0.25) is 0 Å². The molecule has 0 saturated heterocycles. The van der Waals surface area contributed by atoms with Crippen molar-refractivity contribution in [2.24, 2.45) is 0 Å². The molecule has 0 atom stereocenters. The summed E-state index contributed by atoms with van der Waals surface area (Å²) in [7, 11) is 0. The molecule has 6 nitrogen and oxygen atoms in total. The van der Waals surface area contributed by atoms with E-state index in [0.29, 0.717) is 18.5 Å². The number of nitrogens with zero attached hydrogens (tertiary/aromatic N) is 2. The van der Waals surface area contributed by atoms with E-state index in [9.17, 15) is 14.7 Å². The van der Waals surface area contributed by atoms with Crippen LogP contribution in [-0.4, -0.2) is 32.3 Å². The second-order valence-electron chi connectivity index (χ2n) is 5.33. The molecule has 20 heavy (non-hydrogen) atoms. The highest BCUT2D eigenvalue weighted by atomic mass is 16.4. The number of amides is 1. The molecule has 110 valence electrons. The summed E-state index contributed by atoms with van der Waals surface area (Å²) in [5, 5.41) is 16.1. The van der Waals surface area contributed by atoms with E-state index in [4.69, 9.17) is 0 Å². The van der Waals surface area contributed by atoms with Crippen molar-refractivity contribution >= 4 is 11.9 Å². The number of carbonyl (C=O) groups excluding carboxylic acids is 1. The first kappa shape index (κ1) is 14.6. The van der Waals surface area contributed by atoms with Crippen LogP contribution < -0.4 is 5.32 Å². The van der Waals surface area contributed by atoms with Gasteiger partial charge in [-0.05, 0) is 38.2 Å². The Kier molecular flexibility index (Phi) is 4.11. The zero-order chi connectivity index (χ0) is 14.8. The van der Waals surface area contributed by atoms with Crippen molar-refractivity contribution in [1.82, 2.24) is 15.1 Å². The summed E-state index contributed by atoms with van der Waals surface area (Å²) in [6.45, 7) is 4.09. The summed E-state index contributed by atoms with van der Waals surface area (Å²) in [5.74, 6) is -1.30. The molecule has 1 aliphatic carbocycles. The number of hydrogen-bond acceptors (Lipinski definition) is 3. The quantitative estimate of drug-likeness (QED) is 0.834. The molecule has 0 aliphatic heterocycles. The monoisotopic (exact) mass is 279 g/mol. The molecule has 1 heterocycles. The summed E-state index contributed by atoms with van der Waals surface area (Å²) < 4.78 is 1.70. The number of aliphatic carboxylic acids is 1. The van der Waals surface area contributed by atoms with Gasteiger partial charge in [0, 0.05) is 6.20 Å². The minimum Gasteiger partial charge on any atom is -0.480 e. The van der Waals surface area contributed by atoms with Crippen molar-refractivity contribution in [1.29, 1.82) is 0 Å². The zero-order valence-electron chi connectivity index (χ0n) is 11.9. The molecule has 6 heteroatoms. The first-order valence-corrected chi connectivity index (χ1v) is 7.13. The first-order valence-electron chi connectivity index (χ1n) is 7.13. The van der Waals surface area contributed by atoms with Crippen LogP contribution in [-0.2, 0) is 4.79 Å². The van der Waals surface area contributed by atoms with Crippen LogP contribution in [0, 0.1) is 0 Å². The Bertz CT molecular complexity index is 502. The van der Waals surface area contributed by atoms with E-state index >= 15 is 0 Å². The molecule has 0 aromatic carbocycles. The van der Waals surface area contributed by atoms with Crippen LogP contribution in [0.5, 0.6) is 0 Å². The van der Waals surface area contributed by atoms with Gasteiger partial charge >= 0.3 is 5.97 Å². The van der Waals surface area contributed by atoms with Gasteiger partial charge in [-0.1, -0.05) is 13.8 Å². The Hall–Kier alpha value is -1.85. The lowest BCUT2D eigenvalue weighted by Crippen LogP contribution is -2.59. The lowest BCUT2D eigenvalue weighted by atomic mass is 9.76. The number of carboxylic acids is 1. The molecule has 0 bridgehead atoms. The van der Waals surface area contributed by atoms with Gasteiger partial charge in [-0.15, -0.1) is 0 Å².